The molecular weight excluding hydrogens is 200 g/mol. The maximum absolute atomic E-state index is 9.77. The van der Waals surface area contributed by atoms with Crippen LogP contribution in [-0.2, 0) is 0 Å². The molecule has 1 rings (SSSR count). The van der Waals surface area contributed by atoms with Crippen molar-refractivity contribution >= 4 is 0 Å². The van der Waals surface area contributed by atoms with Crippen LogP contribution in [0.1, 0.15) is 32.3 Å². The Balaban J connectivity index is 2.30. The van der Waals surface area contributed by atoms with Gasteiger partial charge < -0.3 is 9.84 Å². The van der Waals surface area contributed by atoms with Crippen LogP contribution in [0.25, 0.3) is 0 Å². The molecule has 0 saturated heterocycles. The number of aliphatic hydroxyl groups is 1. The van der Waals surface area contributed by atoms with Crippen molar-refractivity contribution in [3.05, 3.63) is 29.8 Å². The number of hydrogen-bond donors (Lipinski definition) is 1. The van der Waals surface area contributed by atoms with Crippen LogP contribution in [0.15, 0.2) is 24.3 Å². The maximum atomic E-state index is 9.77. The van der Waals surface area contributed by atoms with E-state index in [1.54, 1.807) is 0 Å². The Morgan fingerprint density at radius 1 is 1.38 bits per heavy atom. The summed E-state index contributed by atoms with van der Waals surface area (Å²) in [6.07, 6.45) is 1.45. The molecule has 2 heteroatoms. The van der Waals surface area contributed by atoms with Gasteiger partial charge in [-0.25, -0.2) is 0 Å². The van der Waals surface area contributed by atoms with Gasteiger partial charge in [0.25, 0.3) is 0 Å². The van der Waals surface area contributed by atoms with Crippen LogP contribution >= 0.6 is 0 Å². The topological polar surface area (TPSA) is 29.5 Å². The summed E-state index contributed by atoms with van der Waals surface area (Å²) >= 11 is 0. The van der Waals surface area contributed by atoms with Crippen LogP contribution in [0.3, 0.4) is 0 Å². The van der Waals surface area contributed by atoms with Gasteiger partial charge >= 0.3 is 0 Å². The minimum absolute atomic E-state index is 0.255. The first kappa shape index (κ1) is 13.0. The standard InChI is InChI=1S/C14H22O2/c1-4-12(3)14(15)8-9-16-13-7-5-6-11(2)10-13/h5-7,10,12,14-15H,4,8-9H2,1-3H3. The number of aliphatic hydroxyl groups excluding tert-OH is 1. The fourth-order valence-corrected chi connectivity index (χ4v) is 1.56. The summed E-state index contributed by atoms with van der Waals surface area (Å²) in [6.45, 7) is 6.78. The van der Waals surface area contributed by atoms with Crippen molar-refractivity contribution in [2.75, 3.05) is 6.61 Å². The fourth-order valence-electron chi connectivity index (χ4n) is 1.56. The normalized spacial score (nSPS) is 14.5. The third-order valence-corrected chi connectivity index (χ3v) is 2.97. The lowest BCUT2D eigenvalue weighted by molar-refractivity contribution is 0.0885. The first-order valence-corrected chi connectivity index (χ1v) is 6.01. The summed E-state index contributed by atoms with van der Waals surface area (Å²) in [6, 6.07) is 7.98. The van der Waals surface area contributed by atoms with Gasteiger partial charge in [-0.3, -0.25) is 0 Å². The van der Waals surface area contributed by atoms with E-state index in [-0.39, 0.29) is 6.10 Å². The van der Waals surface area contributed by atoms with Gasteiger partial charge in [-0.05, 0) is 30.5 Å². The molecule has 1 aromatic carbocycles. The Bertz CT molecular complexity index is 309. The first-order valence-electron chi connectivity index (χ1n) is 6.01. The van der Waals surface area contributed by atoms with E-state index in [4.69, 9.17) is 4.74 Å². The number of hydrogen-bond acceptors (Lipinski definition) is 2. The van der Waals surface area contributed by atoms with Gasteiger partial charge in [0.1, 0.15) is 5.75 Å². The van der Waals surface area contributed by atoms with Crippen LogP contribution in [0.2, 0.25) is 0 Å². The third kappa shape index (κ3) is 4.23. The summed E-state index contributed by atoms with van der Waals surface area (Å²) in [5, 5.41) is 9.77. The molecule has 2 nitrogen and oxygen atoms in total. The molecule has 0 aliphatic rings. The lowest BCUT2D eigenvalue weighted by Gasteiger charge is -2.17. The second kappa shape index (κ2) is 6.54. The van der Waals surface area contributed by atoms with E-state index in [1.807, 2.05) is 31.2 Å². The van der Waals surface area contributed by atoms with E-state index in [0.29, 0.717) is 18.9 Å². The summed E-state index contributed by atoms with van der Waals surface area (Å²) in [5.41, 5.74) is 1.19. The Kier molecular flexibility index (Phi) is 5.33. The first-order chi connectivity index (χ1) is 7.63. The van der Waals surface area contributed by atoms with Gasteiger partial charge in [-0.2, -0.15) is 0 Å². The highest BCUT2D eigenvalue weighted by atomic mass is 16.5. The van der Waals surface area contributed by atoms with Crippen molar-refractivity contribution in [3.63, 3.8) is 0 Å². The van der Waals surface area contributed by atoms with E-state index in [0.717, 1.165) is 12.2 Å². The zero-order chi connectivity index (χ0) is 12.0. The average molecular weight is 222 g/mol. The van der Waals surface area contributed by atoms with E-state index in [2.05, 4.69) is 13.8 Å². The highest BCUT2D eigenvalue weighted by Crippen LogP contribution is 2.15. The molecule has 0 aromatic heterocycles. The summed E-state index contributed by atoms with van der Waals surface area (Å²) in [5.74, 6) is 1.23. The van der Waals surface area contributed by atoms with E-state index in [9.17, 15) is 5.11 Å². The molecule has 0 radical (unpaired) electrons. The number of rotatable bonds is 6. The number of benzene rings is 1. The number of aryl methyl sites for hydroxylation is 1. The van der Waals surface area contributed by atoms with Gasteiger partial charge in [0.2, 0.25) is 0 Å². The van der Waals surface area contributed by atoms with Crippen LogP contribution in [-0.4, -0.2) is 17.8 Å². The fraction of sp³-hybridized carbons (Fsp3) is 0.571. The maximum Gasteiger partial charge on any atom is 0.119 e. The van der Waals surface area contributed by atoms with Crippen molar-refractivity contribution in [2.45, 2.75) is 39.7 Å². The van der Waals surface area contributed by atoms with Crippen molar-refractivity contribution in [2.24, 2.45) is 5.92 Å². The quantitative estimate of drug-likeness (QED) is 0.801. The monoisotopic (exact) mass is 222 g/mol. The predicted octanol–water partition coefficient (Wildman–Crippen LogP) is 3.17. The summed E-state index contributed by atoms with van der Waals surface area (Å²) in [4.78, 5) is 0. The Labute approximate surface area is 98.3 Å². The van der Waals surface area contributed by atoms with Crippen molar-refractivity contribution in [1.82, 2.24) is 0 Å². The smallest absolute Gasteiger partial charge is 0.119 e. The third-order valence-electron chi connectivity index (χ3n) is 2.97. The van der Waals surface area contributed by atoms with E-state index >= 15 is 0 Å². The summed E-state index contributed by atoms with van der Waals surface area (Å²) in [7, 11) is 0. The average Bonchev–Trinajstić information content (AvgIpc) is 2.28. The molecule has 90 valence electrons. The van der Waals surface area contributed by atoms with Crippen molar-refractivity contribution in [3.8, 4) is 5.75 Å². The molecule has 0 aliphatic heterocycles. The molecule has 0 spiro atoms. The second-order valence-electron chi connectivity index (χ2n) is 4.41. The van der Waals surface area contributed by atoms with Crippen molar-refractivity contribution in [1.29, 1.82) is 0 Å². The minimum Gasteiger partial charge on any atom is -0.493 e. The van der Waals surface area contributed by atoms with Gasteiger partial charge in [0.15, 0.2) is 0 Å². The Morgan fingerprint density at radius 3 is 2.75 bits per heavy atom. The SMILES string of the molecule is CCC(C)C(O)CCOc1cccc(C)c1. The van der Waals surface area contributed by atoms with Crippen LogP contribution in [0.4, 0.5) is 0 Å². The molecule has 1 N–H and O–H groups in total. The molecule has 0 aliphatic carbocycles. The molecule has 0 saturated carbocycles. The second-order valence-corrected chi connectivity index (χ2v) is 4.41. The van der Waals surface area contributed by atoms with Crippen molar-refractivity contribution < 1.29 is 9.84 Å². The molecule has 0 heterocycles. The molecule has 0 fully saturated rings. The molecule has 2 unspecified atom stereocenters. The number of ether oxygens (including phenoxy) is 1. The van der Waals surface area contributed by atoms with Gasteiger partial charge in [0, 0.05) is 6.42 Å². The molecule has 0 amide bonds. The van der Waals surface area contributed by atoms with Crippen LogP contribution in [0.5, 0.6) is 5.75 Å². The highest BCUT2D eigenvalue weighted by Gasteiger charge is 2.11. The minimum atomic E-state index is -0.255. The van der Waals surface area contributed by atoms with E-state index < -0.39 is 0 Å². The molecule has 16 heavy (non-hydrogen) atoms. The lowest BCUT2D eigenvalue weighted by atomic mass is 10.00. The lowest BCUT2D eigenvalue weighted by Crippen LogP contribution is -2.19. The largest absolute Gasteiger partial charge is 0.493 e. The van der Waals surface area contributed by atoms with E-state index in [1.165, 1.54) is 5.56 Å². The molecule has 2 atom stereocenters. The Morgan fingerprint density at radius 2 is 2.12 bits per heavy atom. The van der Waals surface area contributed by atoms with Gasteiger partial charge in [0.05, 0.1) is 12.7 Å². The zero-order valence-electron chi connectivity index (χ0n) is 10.4. The molecular formula is C14H22O2. The van der Waals surface area contributed by atoms with Crippen LogP contribution in [0, 0.1) is 12.8 Å². The highest BCUT2D eigenvalue weighted by molar-refractivity contribution is 5.27. The Hall–Kier alpha value is -1.02. The van der Waals surface area contributed by atoms with Crippen LogP contribution < -0.4 is 4.74 Å². The van der Waals surface area contributed by atoms with Gasteiger partial charge in [-0.1, -0.05) is 32.4 Å². The summed E-state index contributed by atoms with van der Waals surface area (Å²) < 4.78 is 5.59. The van der Waals surface area contributed by atoms with Gasteiger partial charge in [-0.15, -0.1) is 0 Å². The predicted molar refractivity (Wildman–Crippen MR) is 66.8 cm³/mol. The molecule has 1 aromatic rings. The zero-order valence-corrected chi connectivity index (χ0v) is 10.4. The molecule has 0 bridgehead atoms.